The SMILES string of the molecule is Cc1cccc(C)c1C(C(=O)NC1CCCCC1)N(C(=O)CNC(=O)OC(C)(C)C)C1CC1C. The number of carbonyl (C=O) groups excluding carboxylic acids is 3. The second kappa shape index (κ2) is 10.8. The third-order valence-electron chi connectivity index (χ3n) is 6.79. The van der Waals surface area contributed by atoms with E-state index < -0.39 is 17.7 Å². The van der Waals surface area contributed by atoms with Gasteiger partial charge in [0.25, 0.3) is 0 Å². The van der Waals surface area contributed by atoms with Gasteiger partial charge in [-0.25, -0.2) is 4.79 Å². The van der Waals surface area contributed by atoms with Crippen LogP contribution in [-0.4, -0.2) is 47.0 Å². The highest BCUT2D eigenvalue weighted by Gasteiger charge is 2.47. The van der Waals surface area contributed by atoms with Crippen LogP contribution in [0.1, 0.15) is 89.0 Å². The van der Waals surface area contributed by atoms with Crippen LogP contribution in [0.2, 0.25) is 0 Å². The summed E-state index contributed by atoms with van der Waals surface area (Å²) in [5, 5.41) is 5.84. The fourth-order valence-electron chi connectivity index (χ4n) is 4.95. The molecule has 3 rings (SSSR count). The summed E-state index contributed by atoms with van der Waals surface area (Å²) < 4.78 is 5.30. The van der Waals surface area contributed by atoms with E-state index in [1.54, 1.807) is 25.7 Å². The Kier molecular flexibility index (Phi) is 8.26. The molecule has 3 unspecified atom stereocenters. The second-order valence-corrected chi connectivity index (χ2v) is 11.0. The summed E-state index contributed by atoms with van der Waals surface area (Å²) in [5.41, 5.74) is 2.18. The molecule has 2 aliphatic carbocycles. The first kappa shape index (κ1) is 26.0. The van der Waals surface area contributed by atoms with E-state index in [1.165, 1.54) is 6.42 Å². The summed E-state index contributed by atoms with van der Waals surface area (Å²) in [6, 6.07) is 5.32. The van der Waals surface area contributed by atoms with Crippen molar-refractivity contribution in [2.45, 2.75) is 104 Å². The van der Waals surface area contributed by atoms with Crippen molar-refractivity contribution in [2.75, 3.05) is 6.54 Å². The van der Waals surface area contributed by atoms with Crippen molar-refractivity contribution >= 4 is 17.9 Å². The van der Waals surface area contributed by atoms with E-state index in [0.29, 0.717) is 5.92 Å². The first-order chi connectivity index (χ1) is 16.0. The molecule has 0 spiro atoms. The number of benzene rings is 1. The first-order valence-electron chi connectivity index (χ1n) is 12.6. The second-order valence-electron chi connectivity index (χ2n) is 11.0. The molecule has 1 aromatic rings. The number of ether oxygens (including phenoxy) is 1. The minimum atomic E-state index is -0.731. The molecule has 0 heterocycles. The molecule has 0 radical (unpaired) electrons. The van der Waals surface area contributed by atoms with E-state index >= 15 is 0 Å². The zero-order chi connectivity index (χ0) is 25.0. The minimum absolute atomic E-state index is 0.0333. The molecule has 2 N–H and O–H groups in total. The molecule has 2 saturated carbocycles. The van der Waals surface area contributed by atoms with Crippen molar-refractivity contribution in [3.05, 3.63) is 34.9 Å². The third-order valence-corrected chi connectivity index (χ3v) is 6.79. The average Bonchev–Trinajstić information content (AvgIpc) is 3.46. The zero-order valence-corrected chi connectivity index (χ0v) is 21.6. The van der Waals surface area contributed by atoms with Crippen LogP contribution in [0.25, 0.3) is 0 Å². The van der Waals surface area contributed by atoms with Crippen molar-refractivity contribution < 1.29 is 19.1 Å². The van der Waals surface area contributed by atoms with Crippen molar-refractivity contribution in [3.8, 4) is 0 Å². The number of amides is 3. The minimum Gasteiger partial charge on any atom is -0.444 e. The monoisotopic (exact) mass is 471 g/mol. The molecular formula is C27H41N3O4. The molecule has 0 saturated heterocycles. The van der Waals surface area contributed by atoms with Gasteiger partial charge < -0.3 is 20.3 Å². The molecular weight excluding hydrogens is 430 g/mol. The summed E-state index contributed by atoms with van der Waals surface area (Å²) in [6.07, 6.45) is 5.57. The lowest BCUT2D eigenvalue weighted by Gasteiger charge is -2.35. The lowest BCUT2D eigenvalue weighted by atomic mass is 9.92. The van der Waals surface area contributed by atoms with Crippen molar-refractivity contribution in [3.63, 3.8) is 0 Å². The zero-order valence-electron chi connectivity index (χ0n) is 21.6. The number of rotatable bonds is 7. The predicted molar refractivity (Wildman–Crippen MR) is 132 cm³/mol. The average molecular weight is 472 g/mol. The van der Waals surface area contributed by atoms with Crippen LogP contribution in [0.15, 0.2) is 18.2 Å². The van der Waals surface area contributed by atoms with Gasteiger partial charge in [0, 0.05) is 12.1 Å². The maximum absolute atomic E-state index is 13.8. The van der Waals surface area contributed by atoms with Crippen LogP contribution in [0.5, 0.6) is 0 Å². The predicted octanol–water partition coefficient (Wildman–Crippen LogP) is 4.56. The fraction of sp³-hybridized carbons (Fsp3) is 0.667. The van der Waals surface area contributed by atoms with Gasteiger partial charge in [-0.3, -0.25) is 9.59 Å². The third kappa shape index (κ3) is 6.73. The smallest absolute Gasteiger partial charge is 0.408 e. The molecule has 0 bridgehead atoms. The molecule has 0 aliphatic heterocycles. The van der Waals surface area contributed by atoms with E-state index in [9.17, 15) is 14.4 Å². The fourth-order valence-corrected chi connectivity index (χ4v) is 4.95. The van der Waals surface area contributed by atoms with Gasteiger partial charge in [-0.2, -0.15) is 0 Å². The van der Waals surface area contributed by atoms with Gasteiger partial charge in [0.1, 0.15) is 18.2 Å². The number of nitrogens with zero attached hydrogens (tertiary/aromatic N) is 1. The Morgan fingerprint density at radius 3 is 2.21 bits per heavy atom. The lowest BCUT2D eigenvalue weighted by Crippen LogP contribution is -2.51. The number of carbonyl (C=O) groups is 3. The molecule has 2 fully saturated rings. The summed E-state index contributed by atoms with van der Waals surface area (Å²) in [7, 11) is 0. The summed E-state index contributed by atoms with van der Waals surface area (Å²) in [6.45, 7) is 11.2. The van der Waals surface area contributed by atoms with Gasteiger partial charge in [0.15, 0.2) is 0 Å². The number of alkyl carbamates (subject to hydrolysis) is 1. The van der Waals surface area contributed by atoms with Crippen molar-refractivity contribution in [1.82, 2.24) is 15.5 Å². The Hall–Kier alpha value is -2.57. The van der Waals surface area contributed by atoms with Gasteiger partial charge in [0.2, 0.25) is 11.8 Å². The van der Waals surface area contributed by atoms with E-state index in [-0.39, 0.29) is 30.4 Å². The molecule has 0 aromatic heterocycles. The van der Waals surface area contributed by atoms with Gasteiger partial charge >= 0.3 is 6.09 Å². The summed E-state index contributed by atoms with van der Waals surface area (Å²) in [5.74, 6) is -0.0968. The highest BCUT2D eigenvalue weighted by Crippen LogP contribution is 2.41. The maximum atomic E-state index is 13.8. The van der Waals surface area contributed by atoms with Crippen LogP contribution in [-0.2, 0) is 14.3 Å². The van der Waals surface area contributed by atoms with E-state index in [1.807, 2.05) is 32.0 Å². The van der Waals surface area contributed by atoms with Gasteiger partial charge in [0.05, 0.1) is 0 Å². The van der Waals surface area contributed by atoms with E-state index in [0.717, 1.165) is 48.8 Å². The Balaban J connectivity index is 1.89. The molecule has 2 aliphatic rings. The van der Waals surface area contributed by atoms with E-state index in [4.69, 9.17) is 4.74 Å². The van der Waals surface area contributed by atoms with E-state index in [2.05, 4.69) is 17.6 Å². The number of nitrogens with one attached hydrogen (secondary N) is 2. The number of hydrogen-bond donors (Lipinski definition) is 2. The molecule has 1 aromatic carbocycles. The maximum Gasteiger partial charge on any atom is 0.408 e. The molecule has 34 heavy (non-hydrogen) atoms. The normalized spacial score (nSPS) is 21.4. The topological polar surface area (TPSA) is 87.7 Å². The Labute approximate surface area is 204 Å². The van der Waals surface area contributed by atoms with Gasteiger partial charge in [-0.05, 0) is 76.5 Å². The van der Waals surface area contributed by atoms with Crippen LogP contribution >= 0.6 is 0 Å². The molecule has 188 valence electrons. The molecule has 7 heteroatoms. The van der Waals surface area contributed by atoms with Crippen molar-refractivity contribution in [1.29, 1.82) is 0 Å². The van der Waals surface area contributed by atoms with Gasteiger partial charge in [-0.15, -0.1) is 0 Å². The van der Waals surface area contributed by atoms with Crippen LogP contribution in [0, 0.1) is 19.8 Å². The van der Waals surface area contributed by atoms with Crippen LogP contribution in [0.4, 0.5) is 4.79 Å². The van der Waals surface area contributed by atoms with Crippen LogP contribution in [0.3, 0.4) is 0 Å². The quantitative estimate of drug-likeness (QED) is 0.610. The Bertz CT molecular complexity index is 881. The van der Waals surface area contributed by atoms with Crippen molar-refractivity contribution in [2.24, 2.45) is 5.92 Å². The largest absolute Gasteiger partial charge is 0.444 e. The lowest BCUT2D eigenvalue weighted by molar-refractivity contribution is -0.141. The Morgan fingerprint density at radius 1 is 1.09 bits per heavy atom. The van der Waals surface area contributed by atoms with Gasteiger partial charge in [-0.1, -0.05) is 44.4 Å². The number of hydrogen-bond acceptors (Lipinski definition) is 4. The number of aryl methyl sites for hydroxylation is 2. The highest BCUT2D eigenvalue weighted by atomic mass is 16.6. The molecule has 3 atom stereocenters. The molecule has 7 nitrogen and oxygen atoms in total. The first-order valence-corrected chi connectivity index (χ1v) is 12.6. The summed E-state index contributed by atoms with van der Waals surface area (Å²) >= 11 is 0. The Morgan fingerprint density at radius 2 is 1.68 bits per heavy atom. The highest BCUT2D eigenvalue weighted by molar-refractivity contribution is 5.91. The standard InChI is InChI=1S/C27H41N3O4/c1-17-11-10-12-18(2)23(17)24(25(32)29-20-13-8-7-9-14-20)30(21-15-19(21)3)22(31)16-28-26(33)34-27(4,5)6/h10-12,19-21,24H,7-9,13-16H2,1-6H3,(H,28,33)(H,29,32). The molecule has 3 amide bonds. The van der Waals surface area contributed by atoms with Crippen LogP contribution < -0.4 is 10.6 Å². The summed E-state index contributed by atoms with van der Waals surface area (Å²) in [4.78, 5) is 41.3.